The first-order chi connectivity index (χ1) is 11.4. The predicted molar refractivity (Wildman–Crippen MR) is 80.3 cm³/mol. The van der Waals surface area contributed by atoms with Crippen molar-refractivity contribution in [3.05, 3.63) is 70.8 Å². The first-order valence-corrected chi connectivity index (χ1v) is 7.22. The molecule has 2 aromatic carbocycles. The normalized spacial score (nSPS) is 13.8. The van der Waals surface area contributed by atoms with E-state index < -0.39 is 35.4 Å². The Morgan fingerprint density at radius 2 is 1.46 bits per heavy atom. The maximum atomic E-state index is 13.4. The molecule has 24 heavy (non-hydrogen) atoms. The van der Waals surface area contributed by atoms with Crippen LogP contribution in [-0.4, -0.2) is 25.4 Å². The van der Waals surface area contributed by atoms with Crippen molar-refractivity contribution in [3.8, 4) is 0 Å². The molecule has 0 amide bonds. The second kappa shape index (κ2) is 8.23. The van der Waals surface area contributed by atoms with E-state index in [9.17, 15) is 22.7 Å². The van der Waals surface area contributed by atoms with Gasteiger partial charge in [-0.05, 0) is 35.4 Å². The van der Waals surface area contributed by atoms with E-state index in [1.807, 2.05) is 0 Å². The molecule has 0 aromatic heterocycles. The highest BCUT2D eigenvalue weighted by atomic mass is 19.2. The maximum Gasteiger partial charge on any atom is 0.159 e. The van der Waals surface area contributed by atoms with E-state index in [1.165, 1.54) is 19.2 Å². The minimum Gasteiger partial charge on any atom is -0.387 e. The Kier molecular flexibility index (Phi) is 6.30. The number of benzene rings is 2. The zero-order chi connectivity index (χ0) is 17.7. The average Bonchev–Trinajstić information content (AvgIpc) is 2.56. The summed E-state index contributed by atoms with van der Waals surface area (Å²) in [6, 6.07) is 6.04. The van der Waals surface area contributed by atoms with Crippen molar-refractivity contribution in [2.24, 2.45) is 0 Å². The summed E-state index contributed by atoms with van der Waals surface area (Å²) in [5.41, 5.74) is 0.635. The largest absolute Gasteiger partial charge is 0.387 e. The lowest BCUT2D eigenvalue weighted by Crippen LogP contribution is -2.29. The molecule has 0 aliphatic rings. The minimum atomic E-state index is -1.11. The maximum absolute atomic E-state index is 13.4. The molecule has 0 aliphatic carbocycles. The summed E-state index contributed by atoms with van der Waals surface area (Å²) in [4.78, 5) is 0. The zero-order valence-corrected chi connectivity index (χ0v) is 12.9. The molecule has 7 heteroatoms. The quantitative estimate of drug-likeness (QED) is 0.759. The molecule has 130 valence electrons. The first-order valence-electron chi connectivity index (χ1n) is 7.22. The van der Waals surface area contributed by atoms with Gasteiger partial charge in [-0.3, -0.25) is 0 Å². The van der Waals surface area contributed by atoms with Crippen LogP contribution in [0.1, 0.15) is 23.3 Å². The van der Waals surface area contributed by atoms with Crippen LogP contribution in [0.2, 0.25) is 0 Å². The van der Waals surface area contributed by atoms with Gasteiger partial charge in [0, 0.05) is 13.7 Å². The number of methoxy groups -OCH3 is 1. The molecule has 0 heterocycles. The second-order valence-corrected chi connectivity index (χ2v) is 5.28. The molecule has 0 fully saturated rings. The number of nitrogens with one attached hydrogen (secondary N) is 1. The van der Waals surface area contributed by atoms with E-state index in [0.29, 0.717) is 5.56 Å². The number of aliphatic hydroxyl groups is 1. The van der Waals surface area contributed by atoms with E-state index in [4.69, 9.17) is 4.74 Å². The lowest BCUT2D eigenvalue weighted by molar-refractivity contribution is 0.139. The molecular weight excluding hydrogens is 326 g/mol. The van der Waals surface area contributed by atoms with Gasteiger partial charge in [0.25, 0.3) is 0 Å². The standard InChI is InChI=1S/C17H17F4NO2/c1-24-9-16(10-2-4-12(18)14(20)6-10)22-8-17(23)11-3-5-13(19)15(21)7-11/h2-7,16-17,22-23H,8-9H2,1H3. The smallest absolute Gasteiger partial charge is 0.159 e. The second-order valence-electron chi connectivity index (χ2n) is 5.28. The van der Waals surface area contributed by atoms with Crippen molar-refractivity contribution < 1.29 is 27.4 Å². The molecule has 0 aliphatic heterocycles. The lowest BCUT2D eigenvalue weighted by atomic mass is 10.1. The molecule has 2 unspecified atom stereocenters. The molecule has 3 nitrogen and oxygen atoms in total. The van der Waals surface area contributed by atoms with Crippen molar-refractivity contribution in [2.45, 2.75) is 12.1 Å². The Bertz CT molecular complexity index is 696. The number of hydrogen-bond acceptors (Lipinski definition) is 3. The molecule has 2 atom stereocenters. The summed E-state index contributed by atoms with van der Waals surface area (Å²) in [7, 11) is 1.44. The van der Waals surface area contributed by atoms with Crippen LogP contribution in [0.5, 0.6) is 0 Å². The molecule has 0 saturated heterocycles. The monoisotopic (exact) mass is 343 g/mol. The number of halogens is 4. The molecule has 0 saturated carbocycles. The first kappa shape index (κ1) is 18.4. The van der Waals surface area contributed by atoms with E-state index >= 15 is 0 Å². The SMILES string of the molecule is COCC(NCC(O)c1ccc(F)c(F)c1)c1ccc(F)c(F)c1. The van der Waals surface area contributed by atoms with Gasteiger partial charge >= 0.3 is 0 Å². The van der Waals surface area contributed by atoms with Crippen molar-refractivity contribution in [1.29, 1.82) is 0 Å². The van der Waals surface area contributed by atoms with Gasteiger partial charge < -0.3 is 15.2 Å². The van der Waals surface area contributed by atoms with Gasteiger partial charge in [0.15, 0.2) is 23.3 Å². The van der Waals surface area contributed by atoms with Crippen LogP contribution in [0, 0.1) is 23.3 Å². The van der Waals surface area contributed by atoms with Crippen LogP contribution in [0.4, 0.5) is 17.6 Å². The summed E-state index contributed by atoms with van der Waals surface area (Å²) in [5.74, 6) is -4.01. The number of ether oxygens (including phenoxy) is 1. The van der Waals surface area contributed by atoms with Crippen LogP contribution in [-0.2, 0) is 4.74 Å². The Labute approximate surface area is 136 Å². The van der Waals surface area contributed by atoms with Gasteiger partial charge in [0.2, 0.25) is 0 Å². The molecule has 0 bridgehead atoms. The summed E-state index contributed by atoms with van der Waals surface area (Å²) in [5, 5.41) is 13.0. The topological polar surface area (TPSA) is 41.5 Å². The third-order valence-corrected chi connectivity index (χ3v) is 3.57. The molecular formula is C17H17F4NO2. The van der Waals surface area contributed by atoms with E-state index in [2.05, 4.69) is 5.32 Å². The third kappa shape index (κ3) is 4.53. The van der Waals surface area contributed by atoms with Gasteiger partial charge in [-0.2, -0.15) is 0 Å². The van der Waals surface area contributed by atoms with Crippen LogP contribution in [0.15, 0.2) is 36.4 Å². The molecule has 2 N–H and O–H groups in total. The average molecular weight is 343 g/mol. The zero-order valence-electron chi connectivity index (χ0n) is 12.9. The lowest BCUT2D eigenvalue weighted by Gasteiger charge is -2.21. The molecule has 2 rings (SSSR count). The fraction of sp³-hybridized carbons (Fsp3) is 0.294. The summed E-state index contributed by atoms with van der Waals surface area (Å²) < 4.78 is 57.5. The van der Waals surface area contributed by atoms with Gasteiger partial charge in [-0.1, -0.05) is 12.1 Å². The van der Waals surface area contributed by atoms with Crippen LogP contribution in [0.3, 0.4) is 0 Å². The van der Waals surface area contributed by atoms with Gasteiger partial charge in [-0.15, -0.1) is 0 Å². The van der Waals surface area contributed by atoms with Gasteiger partial charge in [0.05, 0.1) is 18.8 Å². The Morgan fingerprint density at radius 1 is 0.917 bits per heavy atom. The number of rotatable bonds is 7. The molecule has 0 spiro atoms. The highest BCUT2D eigenvalue weighted by Gasteiger charge is 2.17. The van der Waals surface area contributed by atoms with Gasteiger partial charge in [-0.25, -0.2) is 17.6 Å². The summed E-state index contributed by atoms with van der Waals surface area (Å²) in [6.45, 7) is 0.133. The molecule has 2 aromatic rings. The van der Waals surface area contributed by atoms with E-state index in [1.54, 1.807) is 0 Å². The van der Waals surface area contributed by atoms with E-state index in [-0.39, 0.29) is 18.7 Å². The highest BCUT2D eigenvalue weighted by molar-refractivity contribution is 5.23. The van der Waals surface area contributed by atoms with Crippen molar-refractivity contribution in [1.82, 2.24) is 5.32 Å². The van der Waals surface area contributed by atoms with Crippen molar-refractivity contribution in [3.63, 3.8) is 0 Å². The summed E-state index contributed by atoms with van der Waals surface area (Å²) in [6.07, 6.45) is -1.11. The number of hydrogen-bond donors (Lipinski definition) is 2. The van der Waals surface area contributed by atoms with E-state index in [0.717, 1.165) is 24.3 Å². The fourth-order valence-corrected chi connectivity index (χ4v) is 2.26. The molecule has 0 radical (unpaired) electrons. The fourth-order valence-electron chi connectivity index (χ4n) is 2.26. The third-order valence-electron chi connectivity index (χ3n) is 3.57. The number of aliphatic hydroxyl groups excluding tert-OH is 1. The Hall–Kier alpha value is -1.96. The van der Waals surface area contributed by atoms with Crippen LogP contribution >= 0.6 is 0 Å². The van der Waals surface area contributed by atoms with Crippen molar-refractivity contribution >= 4 is 0 Å². The predicted octanol–water partition coefficient (Wildman–Crippen LogP) is 3.25. The minimum absolute atomic E-state index is 0.0158. The summed E-state index contributed by atoms with van der Waals surface area (Å²) >= 11 is 0. The van der Waals surface area contributed by atoms with Crippen LogP contribution in [0.25, 0.3) is 0 Å². The van der Waals surface area contributed by atoms with Crippen LogP contribution < -0.4 is 5.32 Å². The Balaban J connectivity index is 2.07. The van der Waals surface area contributed by atoms with Crippen molar-refractivity contribution in [2.75, 3.05) is 20.3 Å². The Morgan fingerprint density at radius 3 is 2.00 bits per heavy atom. The van der Waals surface area contributed by atoms with Gasteiger partial charge in [0.1, 0.15) is 0 Å². The highest BCUT2D eigenvalue weighted by Crippen LogP contribution is 2.20.